The molecule has 1 aliphatic rings. The van der Waals surface area contributed by atoms with Crippen LogP contribution in [0.3, 0.4) is 0 Å². The van der Waals surface area contributed by atoms with Crippen molar-refractivity contribution in [2.45, 2.75) is 38.2 Å². The maximum Gasteiger partial charge on any atom is 0.127 e. The molecule has 0 bridgehead atoms. The van der Waals surface area contributed by atoms with Gasteiger partial charge in [0.1, 0.15) is 5.82 Å². The number of halogens is 2. The molecule has 0 saturated heterocycles. The fraction of sp³-hybridized carbons (Fsp3) is 0.538. The molecule has 1 aliphatic carbocycles. The molecule has 3 heteroatoms. The van der Waals surface area contributed by atoms with E-state index in [1.165, 1.54) is 6.07 Å². The van der Waals surface area contributed by atoms with E-state index < -0.39 is 0 Å². The number of benzene rings is 1. The van der Waals surface area contributed by atoms with Gasteiger partial charge in [0, 0.05) is 5.02 Å². The summed E-state index contributed by atoms with van der Waals surface area (Å²) in [5.41, 5.74) is 0.712. The van der Waals surface area contributed by atoms with Gasteiger partial charge in [-0.25, -0.2) is 4.39 Å². The van der Waals surface area contributed by atoms with Crippen LogP contribution in [0.2, 0.25) is 5.02 Å². The monoisotopic (exact) mass is 242 g/mol. The second kappa shape index (κ2) is 5.15. The van der Waals surface area contributed by atoms with Crippen molar-refractivity contribution in [1.82, 2.24) is 0 Å². The van der Waals surface area contributed by atoms with Crippen molar-refractivity contribution >= 4 is 11.6 Å². The highest BCUT2D eigenvalue weighted by molar-refractivity contribution is 6.30. The molecule has 1 fully saturated rings. The van der Waals surface area contributed by atoms with Gasteiger partial charge in [-0.2, -0.15) is 0 Å². The van der Waals surface area contributed by atoms with E-state index in [4.69, 9.17) is 11.6 Å². The van der Waals surface area contributed by atoms with Crippen molar-refractivity contribution in [2.75, 3.05) is 0 Å². The number of aliphatic hydroxyl groups excluding tert-OH is 1. The average molecular weight is 243 g/mol. The average Bonchev–Trinajstić information content (AvgIpc) is 2.22. The highest BCUT2D eigenvalue weighted by atomic mass is 35.5. The topological polar surface area (TPSA) is 20.2 Å². The first-order valence-electron chi connectivity index (χ1n) is 5.77. The molecule has 0 amide bonds. The minimum atomic E-state index is -0.229. The first-order chi connectivity index (χ1) is 7.65. The molecule has 0 aliphatic heterocycles. The highest BCUT2D eigenvalue weighted by Gasteiger charge is 2.21. The van der Waals surface area contributed by atoms with Crippen LogP contribution in [0, 0.1) is 11.7 Å². The van der Waals surface area contributed by atoms with Crippen LogP contribution in [0.4, 0.5) is 4.39 Å². The molecule has 1 aromatic rings. The quantitative estimate of drug-likeness (QED) is 0.841. The number of rotatable bonds is 2. The van der Waals surface area contributed by atoms with Gasteiger partial charge in [0.15, 0.2) is 0 Å². The van der Waals surface area contributed by atoms with Crippen molar-refractivity contribution in [3.8, 4) is 0 Å². The van der Waals surface area contributed by atoms with Crippen LogP contribution >= 0.6 is 11.6 Å². The maximum atomic E-state index is 13.6. The van der Waals surface area contributed by atoms with E-state index in [9.17, 15) is 9.50 Å². The van der Waals surface area contributed by atoms with E-state index >= 15 is 0 Å². The SMILES string of the molecule is OC1CCCC(Cc2ccc(Cl)cc2F)C1. The zero-order valence-corrected chi connectivity index (χ0v) is 9.88. The molecule has 1 nitrogen and oxygen atoms in total. The zero-order chi connectivity index (χ0) is 11.5. The van der Waals surface area contributed by atoms with Crippen LogP contribution in [0.1, 0.15) is 31.2 Å². The number of hydrogen-bond donors (Lipinski definition) is 1. The molecule has 0 radical (unpaired) electrons. The first-order valence-corrected chi connectivity index (χ1v) is 6.15. The van der Waals surface area contributed by atoms with E-state index in [1.807, 2.05) is 0 Å². The first kappa shape index (κ1) is 11.9. The summed E-state index contributed by atoms with van der Waals surface area (Å²) in [5, 5.41) is 9.99. The van der Waals surface area contributed by atoms with E-state index in [0.717, 1.165) is 25.7 Å². The Morgan fingerprint density at radius 2 is 2.19 bits per heavy atom. The van der Waals surface area contributed by atoms with Gasteiger partial charge in [0.2, 0.25) is 0 Å². The van der Waals surface area contributed by atoms with Crippen LogP contribution in [0.5, 0.6) is 0 Å². The van der Waals surface area contributed by atoms with Gasteiger partial charge in [0.05, 0.1) is 6.10 Å². The predicted molar refractivity (Wildman–Crippen MR) is 63.1 cm³/mol. The van der Waals surface area contributed by atoms with Crippen LogP contribution in [-0.2, 0) is 6.42 Å². The summed E-state index contributed by atoms with van der Waals surface area (Å²) in [4.78, 5) is 0. The minimum Gasteiger partial charge on any atom is -0.393 e. The summed E-state index contributed by atoms with van der Waals surface area (Å²) in [6.45, 7) is 0. The Hall–Kier alpha value is -0.600. The molecule has 0 spiro atoms. The summed E-state index contributed by atoms with van der Waals surface area (Å²) in [5.74, 6) is 0.173. The lowest BCUT2D eigenvalue weighted by molar-refractivity contribution is 0.101. The fourth-order valence-electron chi connectivity index (χ4n) is 2.45. The molecular weight excluding hydrogens is 227 g/mol. The van der Waals surface area contributed by atoms with Gasteiger partial charge in [0.25, 0.3) is 0 Å². The summed E-state index contributed by atoms with van der Waals surface area (Å²) < 4.78 is 13.6. The van der Waals surface area contributed by atoms with E-state index in [-0.39, 0.29) is 11.9 Å². The van der Waals surface area contributed by atoms with Crippen LogP contribution in [-0.4, -0.2) is 11.2 Å². The van der Waals surface area contributed by atoms with Gasteiger partial charge in [-0.1, -0.05) is 24.1 Å². The summed E-state index contributed by atoms with van der Waals surface area (Å²) in [6.07, 6.45) is 4.32. The van der Waals surface area contributed by atoms with Crippen LogP contribution in [0.25, 0.3) is 0 Å². The molecule has 88 valence electrons. The van der Waals surface area contributed by atoms with Crippen molar-refractivity contribution < 1.29 is 9.50 Å². The third-order valence-electron chi connectivity index (χ3n) is 3.28. The summed E-state index contributed by atoms with van der Waals surface area (Å²) in [7, 11) is 0. The van der Waals surface area contributed by atoms with Crippen molar-refractivity contribution in [1.29, 1.82) is 0 Å². The molecular formula is C13H16ClFO. The predicted octanol–water partition coefficient (Wildman–Crippen LogP) is 3.57. The van der Waals surface area contributed by atoms with Gasteiger partial charge in [-0.15, -0.1) is 0 Å². The van der Waals surface area contributed by atoms with E-state index in [0.29, 0.717) is 22.9 Å². The molecule has 1 saturated carbocycles. The second-order valence-electron chi connectivity index (χ2n) is 4.63. The molecule has 2 unspecified atom stereocenters. The lowest BCUT2D eigenvalue weighted by atomic mass is 9.83. The normalized spacial score (nSPS) is 25.7. The van der Waals surface area contributed by atoms with E-state index in [1.54, 1.807) is 12.1 Å². The van der Waals surface area contributed by atoms with Crippen LogP contribution < -0.4 is 0 Å². The van der Waals surface area contributed by atoms with Crippen molar-refractivity contribution in [3.63, 3.8) is 0 Å². The number of aliphatic hydroxyl groups is 1. The zero-order valence-electron chi connectivity index (χ0n) is 9.13. The third kappa shape index (κ3) is 2.96. The lowest BCUT2D eigenvalue weighted by Crippen LogP contribution is -2.21. The van der Waals surface area contributed by atoms with Gasteiger partial charge in [-0.3, -0.25) is 0 Å². The molecule has 0 heterocycles. The Kier molecular flexibility index (Phi) is 3.82. The fourth-order valence-corrected chi connectivity index (χ4v) is 2.61. The Balaban J connectivity index is 2.02. The lowest BCUT2D eigenvalue weighted by Gasteiger charge is -2.25. The van der Waals surface area contributed by atoms with Gasteiger partial charge >= 0.3 is 0 Å². The third-order valence-corrected chi connectivity index (χ3v) is 3.51. The van der Waals surface area contributed by atoms with Crippen LogP contribution in [0.15, 0.2) is 18.2 Å². The van der Waals surface area contributed by atoms with Gasteiger partial charge in [-0.05, 0) is 49.3 Å². The molecule has 16 heavy (non-hydrogen) atoms. The molecule has 0 aromatic heterocycles. The molecule has 1 aromatic carbocycles. The Morgan fingerprint density at radius 3 is 2.88 bits per heavy atom. The van der Waals surface area contributed by atoms with Crippen molar-refractivity contribution in [3.05, 3.63) is 34.6 Å². The smallest absolute Gasteiger partial charge is 0.127 e. The summed E-state index contributed by atoms with van der Waals surface area (Å²) >= 11 is 5.70. The summed E-state index contributed by atoms with van der Waals surface area (Å²) in [6, 6.07) is 4.83. The molecule has 2 rings (SSSR count). The number of hydrogen-bond acceptors (Lipinski definition) is 1. The highest BCUT2D eigenvalue weighted by Crippen LogP contribution is 2.28. The van der Waals surface area contributed by atoms with Gasteiger partial charge < -0.3 is 5.11 Å². The molecule has 2 atom stereocenters. The Morgan fingerprint density at radius 1 is 1.38 bits per heavy atom. The Bertz CT molecular complexity index is 367. The molecule has 1 N–H and O–H groups in total. The largest absolute Gasteiger partial charge is 0.393 e. The van der Waals surface area contributed by atoms with E-state index in [2.05, 4.69) is 0 Å². The van der Waals surface area contributed by atoms with Crippen molar-refractivity contribution in [2.24, 2.45) is 5.92 Å². The Labute approximate surface area is 100 Å². The standard InChI is InChI=1S/C13H16ClFO/c14-11-5-4-10(13(15)8-11)6-9-2-1-3-12(16)7-9/h4-5,8-9,12,16H,1-3,6-7H2. The maximum absolute atomic E-state index is 13.6. The minimum absolute atomic E-state index is 0.200. The second-order valence-corrected chi connectivity index (χ2v) is 5.06.